The fraction of sp³-hybridized carbons (Fsp3) is 0.500. The van der Waals surface area contributed by atoms with E-state index < -0.39 is 0 Å². The van der Waals surface area contributed by atoms with E-state index in [0.29, 0.717) is 24.5 Å². The van der Waals surface area contributed by atoms with E-state index in [9.17, 15) is 14.3 Å². The molecule has 1 amide bonds. The Bertz CT molecular complexity index is 784. The molecule has 0 unspecified atom stereocenters. The minimum Gasteiger partial charge on any atom is -0.393 e. The summed E-state index contributed by atoms with van der Waals surface area (Å²) < 4.78 is 18.6. The molecule has 6 nitrogen and oxygen atoms in total. The lowest BCUT2D eigenvalue weighted by molar-refractivity contribution is 0.0718. The number of amides is 1. The van der Waals surface area contributed by atoms with Crippen molar-refractivity contribution >= 4 is 5.91 Å². The van der Waals surface area contributed by atoms with Crippen LogP contribution in [-0.2, 0) is 6.54 Å². The number of hydrogen-bond acceptors (Lipinski definition) is 5. The van der Waals surface area contributed by atoms with E-state index in [2.05, 4.69) is 10.1 Å². The van der Waals surface area contributed by atoms with Gasteiger partial charge in [-0.2, -0.15) is 0 Å². The van der Waals surface area contributed by atoms with E-state index in [0.717, 1.165) is 44.3 Å². The molecule has 2 aliphatic heterocycles. The summed E-state index contributed by atoms with van der Waals surface area (Å²) in [6, 6.07) is 8.00. The smallest absolute Gasteiger partial charge is 0.276 e. The first kappa shape index (κ1) is 18.1. The van der Waals surface area contributed by atoms with Gasteiger partial charge < -0.3 is 14.5 Å². The highest BCUT2D eigenvalue weighted by Gasteiger charge is 2.32. The number of halogens is 1. The molecule has 0 saturated carbocycles. The van der Waals surface area contributed by atoms with Crippen LogP contribution in [0.5, 0.6) is 0 Å². The van der Waals surface area contributed by atoms with Gasteiger partial charge in [-0.1, -0.05) is 17.3 Å². The van der Waals surface area contributed by atoms with Gasteiger partial charge in [-0.15, -0.1) is 0 Å². The predicted molar refractivity (Wildman–Crippen MR) is 96.4 cm³/mol. The van der Waals surface area contributed by atoms with Crippen molar-refractivity contribution in [1.29, 1.82) is 0 Å². The van der Waals surface area contributed by atoms with E-state index in [4.69, 9.17) is 4.52 Å². The van der Waals surface area contributed by atoms with Crippen LogP contribution in [0.3, 0.4) is 0 Å². The minimum absolute atomic E-state index is 0.0539. The zero-order valence-corrected chi connectivity index (χ0v) is 15.2. The van der Waals surface area contributed by atoms with Crippen molar-refractivity contribution in [3.8, 4) is 0 Å². The fourth-order valence-electron chi connectivity index (χ4n) is 3.97. The summed E-state index contributed by atoms with van der Waals surface area (Å²) >= 11 is 0. The highest BCUT2D eigenvalue weighted by molar-refractivity contribution is 5.92. The highest BCUT2D eigenvalue weighted by Crippen LogP contribution is 2.33. The van der Waals surface area contributed by atoms with Crippen molar-refractivity contribution in [1.82, 2.24) is 15.0 Å². The average molecular weight is 373 g/mol. The number of aliphatic hydroxyl groups excluding tert-OH is 1. The monoisotopic (exact) mass is 373 g/mol. The SMILES string of the molecule is O=C(c1cc(CN2CCC(O)CC2)on1)N1CCC[C@H]1c1ccc(F)cc1. The second-order valence-corrected chi connectivity index (χ2v) is 7.39. The van der Waals surface area contributed by atoms with Crippen molar-refractivity contribution in [2.75, 3.05) is 19.6 Å². The van der Waals surface area contributed by atoms with Crippen LogP contribution < -0.4 is 0 Å². The van der Waals surface area contributed by atoms with Gasteiger partial charge in [-0.3, -0.25) is 9.69 Å². The van der Waals surface area contributed by atoms with Gasteiger partial charge in [-0.05, 0) is 43.4 Å². The maximum Gasteiger partial charge on any atom is 0.276 e. The number of aliphatic hydroxyl groups is 1. The molecule has 1 aromatic carbocycles. The second kappa shape index (κ2) is 7.78. The van der Waals surface area contributed by atoms with Crippen LogP contribution in [0.1, 0.15) is 53.5 Å². The van der Waals surface area contributed by atoms with E-state index in [1.54, 1.807) is 23.1 Å². The molecule has 0 bridgehead atoms. The first-order valence-corrected chi connectivity index (χ1v) is 9.52. The lowest BCUT2D eigenvalue weighted by atomic mass is 10.0. The third-order valence-corrected chi connectivity index (χ3v) is 5.48. The molecule has 2 aliphatic rings. The van der Waals surface area contributed by atoms with Crippen molar-refractivity contribution in [2.24, 2.45) is 0 Å². The van der Waals surface area contributed by atoms with Crippen LogP contribution in [0.15, 0.2) is 34.9 Å². The summed E-state index contributed by atoms with van der Waals surface area (Å²) in [5.74, 6) is 0.235. The van der Waals surface area contributed by atoms with Crippen molar-refractivity contribution in [3.05, 3.63) is 53.2 Å². The summed E-state index contributed by atoms with van der Waals surface area (Å²) in [5, 5.41) is 13.6. The van der Waals surface area contributed by atoms with Crippen LogP contribution in [0.2, 0.25) is 0 Å². The fourth-order valence-corrected chi connectivity index (χ4v) is 3.97. The molecule has 1 atom stereocenters. The predicted octanol–water partition coefficient (Wildman–Crippen LogP) is 2.75. The number of likely N-dealkylation sites (tertiary alicyclic amines) is 2. The normalized spacial score (nSPS) is 21.7. The molecule has 0 spiro atoms. The molecule has 2 saturated heterocycles. The summed E-state index contributed by atoms with van der Waals surface area (Å²) in [4.78, 5) is 16.9. The molecule has 2 aromatic rings. The molecule has 3 heterocycles. The molecule has 4 rings (SSSR count). The van der Waals surface area contributed by atoms with Crippen LogP contribution in [0.25, 0.3) is 0 Å². The zero-order chi connectivity index (χ0) is 18.8. The van der Waals surface area contributed by atoms with Crippen molar-refractivity contribution in [3.63, 3.8) is 0 Å². The Balaban J connectivity index is 1.43. The Labute approximate surface area is 157 Å². The standard InChI is InChI=1S/C20H24FN3O3/c21-15-5-3-14(4-6-15)19-2-1-9-24(19)20(26)18-12-17(27-22-18)13-23-10-7-16(25)8-11-23/h3-6,12,16,19,25H,1-2,7-11,13H2/t19-/m0/s1. The number of piperidine rings is 1. The maximum absolute atomic E-state index is 13.2. The summed E-state index contributed by atoms with van der Waals surface area (Å²) in [6.45, 7) is 2.87. The Morgan fingerprint density at radius 3 is 2.67 bits per heavy atom. The number of benzene rings is 1. The summed E-state index contributed by atoms with van der Waals surface area (Å²) in [7, 11) is 0. The van der Waals surface area contributed by atoms with Gasteiger partial charge in [0.15, 0.2) is 11.5 Å². The number of aromatic nitrogens is 1. The van der Waals surface area contributed by atoms with Gasteiger partial charge in [0.25, 0.3) is 5.91 Å². The van der Waals surface area contributed by atoms with E-state index in [1.807, 2.05) is 0 Å². The van der Waals surface area contributed by atoms with E-state index >= 15 is 0 Å². The molecular weight excluding hydrogens is 349 g/mol. The van der Waals surface area contributed by atoms with Gasteiger partial charge in [0.2, 0.25) is 0 Å². The number of carbonyl (C=O) groups excluding carboxylic acids is 1. The second-order valence-electron chi connectivity index (χ2n) is 7.39. The number of rotatable bonds is 4. The Morgan fingerprint density at radius 1 is 1.19 bits per heavy atom. The quantitative estimate of drug-likeness (QED) is 0.892. The largest absolute Gasteiger partial charge is 0.393 e. The van der Waals surface area contributed by atoms with Gasteiger partial charge in [0.05, 0.1) is 18.7 Å². The molecule has 2 fully saturated rings. The molecule has 1 aromatic heterocycles. The molecule has 0 radical (unpaired) electrons. The first-order valence-electron chi connectivity index (χ1n) is 9.52. The van der Waals surface area contributed by atoms with E-state index in [-0.39, 0.29) is 23.9 Å². The van der Waals surface area contributed by atoms with Crippen molar-refractivity contribution in [2.45, 2.75) is 44.4 Å². The Kier molecular flexibility index (Phi) is 5.22. The van der Waals surface area contributed by atoms with Gasteiger partial charge in [0.1, 0.15) is 5.82 Å². The number of hydrogen-bond donors (Lipinski definition) is 1. The maximum atomic E-state index is 13.2. The zero-order valence-electron chi connectivity index (χ0n) is 15.2. The van der Waals surface area contributed by atoms with Crippen LogP contribution >= 0.6 is 0 Å². The topological polar surface area (TPSA) is 69.8 Å². The Hall–Kier alpha value is -2.25. The summed E-state index contributed by atoms with van der Waals surface area (Å²) in [5.41, 5.74) is 1.26. The molecule has 27 heavy (non-hydrogen) atoms. The third-order valence-electron chi connectivity index (χ3n) is 5.48. The number of nitrogens with zero attached hydrogens (tertiary/aromatic N) is 3. The molecule has 144 valence electrons. The number of carbonyl (C=O) groups is 1. The summed E-state index contributed by atoms with van der Waals surface area (Å²) in [6.07, 6.45) is 3.07. The Morgan fingerprint density at radius 2 is 1.93 bits per heavy atom. The van der Waals surface area contributed by atoms with Crippen LogP contribution in [0, 0.1) is 5.82 Å². The highest BCUT2D eigenvalue weighted by atomic mass is 19.1. The van der Waals surface area contributed by atoms with Gasteiger partial charge in [-0.25, -0.2) is 4.39 Å². The van der Waals surface area contributed by atoms with Gasteiger partial charge in [0, 0.05) is 25.7 Å². The van der Waals surface area contributed by atoms with E-state index in [1.165, 1.54) is 12.1 Å². The molecule has 1 N–H and O–H groups in total. The lowest BCUT2D eigenvalue weighted by Crippen LogP contribution is -2.35. The first-order chi connectivity index (χ1) is 13.1. The molecular formula is C20H24FN3O3. The van der Waals surface area contributed by atoms with Crippen molar-refractivity contribution < 1.29 is 18.8 Å². The molecule has 7 heteroatoms. The third kappa shape index (κ3) is 4.04. The van der Waals surface area contributed by atoms with Crippen LogP contribution in [-0.4, -0.2) is 51.7 Å². The van der Waals surface area contributed by atoms with Gasteiger partial charge >= 0.3 is 0 Å². The average Bonchev–Trinajstić information content (AvgIpc) is 3.33. The lowest BCUT2D eigenvalue weighted by Gasteiger charge is -2.28. The minimum atomic E-state index is -0.277. The molecule has 0 aliphatic carbocycles. The van der Waals surface area contributed by atoms with Crippen LogP contribution in [0.4, 0.5) is 4.39 Å².